The van der Waals surface area contributed by atoms with Crippen molar-refractivity contribution in [1.29, 1.82) is 0 Å². The molecule has 0 atom stereocenters. The molecular formula is C54H52. The fourth-order valence-electron chi connectivity index (χ4n) is 8.70. The molecule has 0 N–H and O–H groups in total. The summed E-state index contributed by atoms with van der Waals surface area (Å²) in [6, 6.07) is 62.0. The van der Waals surface area contributed by atoms with Crippen LogP contribution in [0.25, 0.3) is 66.1 Å². The molecule has 2 aliphatic carbocycles. The Morgan fingerprint density at radius 3 is 1.31 bits per heavy atom. The van der Waals surface area contributed by atoms with Crippen LogP contribution in [-0.4, -0.2) is 0 Å². The summed E-state index contributed by atoms with van der Waals surface area (Å²) in [5, 5.41) is 5.18. The third-order valence-electron chi connectivity index (χ3n) is 11.3. The molecule has 0 nitrogen and oxygen atoms in total. The van der Waals surface area contributed by atoms with Crippen LogP contribution < -0.4 is 0 Å². The van der Waals surface area contributed by atoms with Crippen LogP contribution in [0.4, 0.5) is 0 Å². The summed E-state index contributed by atoms with van der Waals surface area (Å²) in [7, 11) is 0. The van der Waals surface area contributed by atoms with Gasteiger partial charge >= 0.3 is 0 Å². The molecule has 8 aromatic carbocycles. The van der Waals surface area contributed by atoms with Crippen LogP contribution in [-0.2, 0) is 10.8 Å². The first-order valence-electron chi connectivity index (χ1n) is 19.8. The van der Waals surface area contributed by atoms with E-state index in [9.17, 15) is 0 Å². The van der Waals surface area contributed by atoms with Crippen LogP contribution in [0.1, 0.15) is 77.6 Å². The van der Waals surface area contributed by atoms with E-state index in [0.29, 0.717) is 0 Å². The number of rotatable bonds is 2. The molecule has 0 radical (unpaired) electrons. The number of hydrogen-bond donors (Lipinski definition) is 0. The summed E-state index contributed by atoms with van der Waals surface area (Å²) in [6.07, 6.45) is 0. The van der Waals surface area contributed by atoms with Crippen molar-refractivity contribution in [1.82, 2.24) is 0 Å². The Morgan fingerprint density at radius 2 is 0.685 bits per heavy atom. The molecule has 8 aromatic rings. The normalized spacial score (nSPS) is 13.5. The molecule has 0 aliphatic heterocycles. The van der Waals surface area contributed by atoms with Crippen molar-refractivity contribution >= 4 is 21.5 Å². The Labute approximate surface area is 323 Å². The molecule has 0 spiro atoms. The second-order valence-electron chi connectivity index (χ2n) is 15.0. The van der Waals surface area contributed by atoms with Gasteiger partial charge in [-0.1, -0.05) is 207 Å². The van der Waals surface area contributed by atoms with Crippen LogP contribution in [0.5, 0.6) is 0 Å². The van der Waals surface area contributed by atoms with Gasteiger partial charge in [0.1, 0.15) is 0 Å². The van der Waals surface area contributed by atoms with E-state index in [1.807, 2.05) is 27.7 Å². The molecule has 2 aliphatic rings. The van der Waals surface area contributed by atoms with E-state index in [4.69, 9.17) is 0 Å². The molecule has 0 heterocycles. The van der Waals surface area contributed by atoms with Gasteiger partial charge in [0, 0.05) is 10.8 Å². The molecule has 0 aromatic heterocycles. The molecule has 0 amide bonds. The fourth-order valence-corrected chi connectivity index (χ4v) is 8.70. The highest BCUT2D eigenvalue weighted by atomic mass is 14.4. The van der Waals surface area contributed by atoms with E-state index in [1.165, 1.54) is 88.3 Å². The fraction of sp³-hybridized carbons (Fsp3) is 0.185. The van der Waals surface area contributed by atoms with Gasteiger partial charge in [-0.2, -0.15) is 0 Å². The Hall–Kier alpha value is -5.72. The zero-order chi connectivity index (χ0) is 38.0. The minimum atomic E-state index is 0.0220. The summed E-state index contributed by atoms with van der Waals surface area (Å²) in [4.78, 5) is 0. The number of hydrogen-bond acceptors (Lipinski definition) is 0. The highest BCUT2D eigenvalue weighted by molar-refractivity contribution is 5.93. The minimum absolute atomic E-state index is 0.0220. The number of benzene rings is 8. The van der Waals surface area contributed by atoms with Gasteiger partial charge in [0.2, 0.25) is 0 Å². The molecule has 0 saturated heterocycles. The van der Waals surface area contributed by atoms with Gasteiger partial charge in [-0.3, -0.25) is 0 Å². The summed E-state index contributed by atoms with van der Waals surface area (Å²) in [6.45, 7) is 17.4. The highest BCUT2D eigenvalue weighted by Crippen LogP contribution is 2.52. The highest BCUT2D eigenvalue weighted by Gasteiger charge is 2.37. The second kappa shape index (κ2) is 15.0. The van der Waals surface area contributed by atoms with Crippen molar-refractivity contribution in [3.63, 3.8) is 0 Å². The quantitative estimate of drug-likeness (QED) is 0.168. The van der Waals surface area contributed by atoms with Crippen molar-refractivity contribution in [3.05, 3.63) is 192 Å². The zero-order valence-corrected chi connectivity index (χ0v) is 33.2. The molecule has 10 rings (SSSR count). The maximum Gasteiger partial charge on any atom is 0.0165 e. The zero-order valence-electron chi connectivity index (χ0n) is 33.2. The molecule has 0 unspecified atom stereocenters. The average molecular weight is 701 g/mol. The van der Waals surface area contributed by atoms with Crippen LogP contribution in [0.3, 0.4) is 0 Å². The monoisotopic (exact) mass is 700 g/mol. The topological polar surface area (TPSA) is 0 Å². The maximum atomic E-state index is 2.39. The largest absolute Gasteiger partial charge is 0.0683 e. The lowest BCUT2D eigenvalue weighted by Crippen LogP contribution is -2.16. The van der Waals surface area contributed by atoms with Gasteiger partial charge < -0.3 is 0 Å². The van der Waals surface area contributed by atoms with Crippen molar-refractivity contribution in [3.8, 4) is 44.5 Å². The van der Waals surface area contributed by atoms with Crippen LogP contribution in [0.2, 0.25) is 0 Å². The van der Waals surface area contributed by atoms with E-state index in [-0.39, 0.29) is 10.8 Å². The molecule has 0 saturated carbocycles. The Bertz CT molecular complexity index is 2600. The Balaban J connectivity index is 0.000000153. The van der Waals surface area contributed by atoms with E-state index < -0.39 is 0 Å². The van der Waals surface area contributed by atoms with E-state index in [2.05, 4.69) is 198 Å². The van der Waals surface area contributed by atoms with E-state index >= 15 is 0 Å². The Morgan fingerprint density at radius 1 is 0.278 bits per heavy atom. The summed E-state index contributed by atoms with van der Waals surface area (Å²) >= 11 is 0. The van der Waals surface area contributed by atoms with Gasteiger partial charge in [0.15, 0.2) is 0 Å². The first kappa shape index (κ1) is 36.6. The average Bonchev–Trinajstić information content (AvgIpc) is 3.61. The predicted molar refractivity (Wildman–Crippen MR) is 237 cm³/mol. The minimum Gasteiger partial charge on any atom is -0.0683 e. The smallest absolute Gasteiger partial charge is 0.0165 e. The molecule has 268 valence electrons. The van der Waals surface area contributed by atoms with Crippen LogP contribution in [0.15, 0.2) is 170 Å². The third-order valence-corrected chi connectivity index (χ3v) is 11.3. The first-order valence-corrected chi connectivity index (χ1v) is 19.8. The van der Waals surface area contributed by atoms with E-state index in [1.54, 1.807) is 0 Å². The molecule has 0 heteroatoms. The SMILES string of the molecule is CC.CC.CC1(C)c2ccccc2-c2ccc(-c3ccc4ccccc4c3)cc21.CC1(C)c2ccccc2-c2cccc(-c3ccc4ccccc4c3)c21. The van der Waals surface area contributed by atoms with Gasteiger partial charge in [0.05, 0.1) is 0 Å². The lowest BCUT2D eigenvalue weighted by molar-refractivity contribution is 0.660. The molecular weight excluding hydrogens is 649 g/mol. The lowest BCUT2D eigenvalue weighted by atomic mass is 9.78. The predicted octanol–water partition coefficient (Wildman–Crippen LogP) is 15.7. The summed E-state index contributed by atoms with van der Waals surface area (Å²) in [5.41, 5.74) is 16.6. The second-order valence-corrected chi connectivity index (χ2v) is 15.0. The van der Waals surface area contributed by atoms with Gasteiger partial charge in [-0.15, -0.1) is 0 Å². The number of fused-ring (bicyclic) bond motifs is 8. The maximum absolute atomic E-state index is 2.39. The van der Waals surface area contributed by atoms with Crippen LogP contribution in [0, 0.1) is 0 Å². The standard InChI is InChI=1S/2C25H20.2C2H6/c1-25(2)23-13-6-5-10-21(23)22-12-7-11-20(24(22)25)19-15-14-17-8-3-4-9-18(17)16-19;1-25(2)23-10-6-5-9-21(23)22-14-13-20(16-24(22)25)19-12-11-17-7-3-4-8-18(17)15-19;2*1-2/h2*3-16H,1-2H3;2*1-2H3. The van der Waals surface area contributed by atoms with Crippen molar-refractivity contribution in [2.75, 3.05) is 0 Å². The van der Waals surface area contributed by atoms with Gasteiger partial charge in [-0.25, -0.2) is 0 Å². The Kier molecular flexibility index (Phi) is 10.1. The lowest BCUT2D eigenvalue weighted by Gasteiger charge is -2.24. The van der Waals surface area contributed by atoms with Gasteiger partial charge in [0.25, 0.3) is 0 Å². The molecule has 0 fully saturated rings. The van der Waals surface area contributed by atoms with Crippen molar-refractivity contribution in [2.45, 2.75) is 66.2 Å². The summed E-state index contributed by atoms with van der Waals surface area (Å²) in [5.74, 6) is 0. The van der Waals surface area contributed by atoms with Gasteiger partial charge in [-0.05, 0) is 107 Å². The summed E-state index contributed by atoms with van der Waals surface area (Å²) < 4.78 is 0. The molecule has 54 heavy (non-hydrogen) atoms. The molecule has 0 bridgehead atoms. The van der Waals surface area contributed by atoms with Crippen molar-refractivity contribution < 1.29 is 0 Å². The van der Waals surface area contributed by atoms with E-state index in [0.717, 1.165) is 0 Å². The van der Waals surface area contributed by atoms with Crippen molar-refractivity contribution in [2.24, 2.45) is 0 Å². The first-order chi connectivity index (χ1) is 26.3. The van der Waals surface area contributed by atoms with Crippen LogP contribution >= 0.6 is 0 Å². The third kappa shape index (κ3) is 6.24.